The standard InChI is InChI=1S/C14H17NO4/c1-8(2)15-10-7-9(12(16)17)5-6-11(10)19-14(3,4)13(15)18/h5-8H,1-4H3,(H,16,17). The summed E-state index contributed by atoms with van der Waals surface area (Å²) in [6.45, 7) is 7.19. The van der Waals surface area contributed by atoms with Crippen molar-refractivity contribution in [1.29, 1.82) is 0 Å². The molecular formula is C14H17NO4. The van der Waals surface area contributed by atoms with Crippen molar-refractivity contribution >= 4 is 17.6 Å². The van der Waals surface area contributed by atoms with E-state index in [1.165, 1.54) is 12.1 Å². The Bertz CT molecular complexity index is 548. The Hall–Kier alpha value is -2.04. The molecule has 0 aliphatic carbocycles. The SMILES string of the molecule is CC(C)N1C(=O)C(C)(C)Oc2ccc(C(=O)O)cc21. The van der Waals surface area contributed by atoms with Gasteiger partial charge in [0, 0.05) is 6.04 Å². The zero-order chi connectivity index (χ0) is 14.4. The van der Waals surface area contributed by atoms with E-state index in [9.17, 15) is 9.59 Å². The van der Waals surface area contributed by atoms with Crippen LogP contribution in [0.15, 0.2) is 18.2 Å². The van der Waals surface area contributed by atoms with Crippen LogP contribution in [0.5, 0.6) is 5.75 Å². The molecule has 0 atom stereocenters. The molecule has 2 rings (SSSR count). The number of rotatable bonds is 2. The number of carbonyl (C=O) groups is 2. The van der Waals surface area contributed by atoms with Gasteiger partial charge in [-0.15, -0.1) is 0 Å². The van der Waals surface area contributed by atoms with Crippen LogP contribution in [-0.4, -0.2) is 28.6 Å². The van der Waals surface area contributed by atoms with E-state index in [-0.39, 0.29) is 17.5 Å². The first kappa shape index (κ1) is 13.4. The number of aromatic carboxylic acids is 1. The van der Waals surface area contributed by atoms with Crippen molar-refractivity contribution < 1.29 is 19.4 Å². The predicted octanol–water partition coefficient (Wildman–Crippen LogP) is 2.30. The molecule has 1 aliphatic heterocycles. The number of nitrogens with zero attached hydrogens (tertiary/aromatic N) is 1. The lowest BCUT2D eigenvalue weighted by atomic mass is 10.0. The van der Waals surface area contributed by atoms with E-state index >= 15 is 0 Å². The molecule has 0 unspecified atom stereocenters. The highest BCUT2D eigenvalue weighted by Crippen LogP contribution is 2.39. The lowest BCUT2D eigenvalue weighted by molar-refractivity contribution is -0.133. The molecule has 1 aliphatic rings. The Morgan fingerprint density at radius 3 is 2.53 bits per heavy atom. The van der Waals surface area contributed by atoms with Gasteiger partial charge in [0.25, 0.3) is 5.91 Å². The average Bonchev–Trinajstić information content (AvgIpc) is 2.29. The van der Waals surface area contributed by atoms with Gasteiger partial charge >= 0.3 is 5.97 Å². The summed E-state index contributed by atoms with van der Waals surface area (Å²) in [4.78, 5) is 25.0. The minimum atomic E-state index is -1.02. The van der Waals surface area contributed by atoms with E-state index in [4.69, 9.17) is 9.84 Å². The third-order valence-corrected chi connectivity index (χ3v) is 3.08. The zero-order valence-electron chi connectivity index (χ0n) is 11.4. The largest absolute Gasteiger partial charge is 0.478 e. The summed E-state index contributed by atoms with van der Waals surface area (Å²) in [5, 5.41) is 9.04. The molecule has 0 saturated heterocycles. The number of carboxylic acid groups (broad SMARTS) is 1. The lowest BCUT2D eigenvalue weighted by Crippen LogP contribution is -2.54. The van der Waals surface area contributed by atoms with Crippen molar-refractivity contribution in [3.8, 4) is 5.75 Å². The summed E-state index contributed by atoms with van der Waals surface area (Å²) in [5.41, 5.74) is -0.290. The van der Waals surface area contributed by atoms with E-state index in [1.807, 2.05) is 13.8 Å². The molecule has 0 radical (unpaired) electrons. The fraction of sp³-hybridized carbons (Fsp3) is 0.429. The van der Waals surface area contributed by atoms with Crippen molar-refractivity contribution in [2.45, 2.75) is 39.3 Å². The van der Waals surface area contributed by atoms with Gasteiger partial charge < -0.3 is 14.7 Å². The summed E-state index contributed by atoms with van der Waals surface area (Å²) in [6, 6.07) is 4.48. The third kappa shape index (κ3) is 2.16. The number of carboxylic acids is 1. The van der Waals surface area contributed by atoms with Crippen molar-refractivity contribution in [2.75, 3.05) is 4.90 Å². The molecule has 0 spiro atoms. The maximum atomic E-state index is 12.4. The van der Waals surface area contributed by atoms with Crippen LogP contribution in [0.4, 0.5) is 5.69 Å². The van der Waals surface area contributed by atoms with Crippen LogP contribution in [0, 0.1) is 0 Å². The maximum absolute atomic E-state index is 12.4. The van der Waals surface area contributed by atoms with Crippen LogP contribution in [-0.2, 0) is 4.79 Å². The molecule has 0 bridgehead atoms. The zero-order valence-corrected chi connectivity index (χ0v) is 11.4. The average molecular weight is 263 g/mol. The molecule has 1 heterocycles. The third-order valence-electron chi connectivity index (χ3n) is 3.08. The van der Waals surface area contributed by atoms with Crippen molar-refractivity contribution in [3.05, 3.63) is 23.8 Å². The highest BCUT2D eigenvalue weighted by atomic mass is 16.5. The smallest absolute Gasteiger partial charge is 0.335 e. The molecule has 0 saturated carbocycles. The van der Waals surface area contributed by atoms with Gasteiger partial charge in [-0.25, -0.2) is 4.79 Å². The van der Waals surface area contributed by atoms with Crippen LogP contribution in [0.3, 0.4) is 0 Å². The van der Waals surface area contributed by atoms with Gasteiger partial charge in [-0.3, -0.25) is 4.79 Å². The number of anilines is 1. The summed E-state index contributed by atoms with van der Waals surface area (Å²) in [6.07, 6.45) is 0. The fourth-order valence-corrected chi connectivity index (χ4v) is 2.16. The van der Waals surface area contributed by atoms with E-state index in [0.29, 0.717) is 11.4 Å². The van der Waals surface area contributed by atoms with Crippen LogP contribution in [0.1, 0.15) is 38.1 Å². The topological polar surface area (TPSA) is 66.8 Å². The molecule has 1 aromatic carbocycles. The maximum Gasteiger partial charge on any atom is 0.335 e. The highest BCUT2D eigenvalue weighted by molar-refractivity contribution is 6.04. The number of benzene rings is 1. The van der Waals surface area contributed by atoms with E-state index in [2.05, 4.69) is 0 Å². The fourth-order valence-electron chi connectivity index (χ4n) is 2.16. The lowest BCUT2D eigenvalue weighted by Gasteiger charge is -2.40. The van der Waals surface area contributed by atoms with Crippen molar-refractivity contribution in [2.24, 2.45) is 0 Å². The summed E-state index contributed by atoms with van der Waals surface area (Å²) in [5.74, 6) is -0.662. The van der Waals surface area contributed by atoms with E-state index < -0.39 is 11.6 Å². The number of hydrogen-bond donors (Lipinski definition) is 1. The van der Waals surface area contributed by atoms with Gasteiger partial charge in [-0.05, 0) is 45.9 Å². The Kier molecular flexibility index (Phi) is 3.00. The van der Waals surface area contributed by atoms with E-state index in [0.717, 1.165) is 0 Å². The van der Waals surface area contributed by atoms with Gasteiger partial charge in [0.2, 0.25) is 0 Å². The summed E-state index contributed by atoms with van der Waals surface area (Å²) < 4.78 is 5.66. The Labute approximate surface area is 111 Å². The van der Waals surface area contributed by atoms with Crippen molar-refractivity contribution in [3.63, 3.8) is 0 Å². The number of fused-ring (bicyclic) bond motifs is 1. The Balaban J connectivity index is 2.60. The van der Waals surface area contributed by atoms with Gasteiger partial charge in [0.15, 0.2) is 5.60 Å². The van der Waals surface area contributed by atoms with Crippen LogP contribution < -0.4 is 9.64 Å². The van der Waals surface area contributed by atoms with Crippen molar-refractivity contribution in [1.82, 2.24) is 0 Å². The number of ether oxygens (including phenoxy) is 1. The van der Waals surface area contributed by atoms with Gasteiger partial charge in [-0.2, -0.15) is 0 Å². The van der Waals surface area contributed by atoms with Crippen LogP contribution in [0.25, 0.3) is 0 Å². The number of carbonyl (C=O) groups excluding carboxylic acids is 1. The van der Waals surface area contributed by atoms with Gasteiger partial charge in [-0.1, -0.05) is 0 Å². The van der Waals surface area contributed by atoms with Crippen LogP contribution >= 0.6 is 0 Å². The number of amides is 1. The molecule has 0 aromatic heterocycles. The summed E-state index contributed by atoms with van der Waals surface area (Å²) in [7, 11) is 0. The second-order valence-electron chi connectivity index (χ2n) is 5.37. The first-order valence-corrected chi connectivity index (χ1v) is 6.14. The van der Waals surface area contributed by atoms with Gasteiger partial charge in [0.1, 0.15) is 5.75 Å². The van der Waals surface area contributed by atoms with Gasteiger partial charge in [0.05, 0.1) is 11.3 Å². The molecular weight excluding hydrogens is 246 g/mol. The molecule has 102 valence electrons. The Morgan fingerprint density at radius 2 is 2.00 bits per heavy atom. The Morgan fingerprint density at radius 1 is 1.37 bits per heavy atom. The van der Waals surface area contributed by atoms with Crippen LogP contribution in [0.2, 0.25) is 0 Å². The molecule has 19 heavy (non-hydrogen) atoms. The first-order chi connectivity index (χ1) is 8.74. The molecule has 5 nitrogen and oxygen atoms in total. The second kappa shape index (κ2) is 4.26. The highest BCUT2D eigenvalue weighted by Gasteiger charge is 2.42. The summed E-state index contributed by atoms with van der Waals surface area (Å²) >= 11 is 0. The quantitative estimate of drug-likeness (QED) is 0.889. The normalized spacial score (nSPS) is 17.1. The number of hydrogen-bond acceptors (Lipinski definition) is 3. The molecule has 1 N–H and O–H groups in total. The minimum Gasteiger partial charge on any atom is -0.478 e. The molecule has 1 amide bonds. The monoisotopic (exact) mass is 263 g/mol. The first-order valence-electron chi connectivity index (χ1n) is 6.14. The minimum absolute atomic E-state index is 0.0709. The molecule has 0 fully saturated rings. The second-order valence-corrected chi connectivity index (χ2v) is 5.37. The predicted molar refractivity (Wildman–Crippen MR) is 70.7 cm³/mol. The van der Waals surface area contributed by atoms with E-state index in [1.54, 1.807) is 24.8 Å². The molecule has 5 heteroatoms. The molecule has 1 aromatic rings.